The highest BCUT2D eigenvalue weighted by molar-refractivity contribution is 5.86. The molecule has 4 nitrogen and oxygen atoms in total. The van der Waals surface area contributed by atoms with Crippen LogP contribution in [0.25, 0.3) is 10.9 Å². The summed E-state index contributed by atoms with van der Waals surface area (Å²) in [7, 11) is 0. The second-order valence-electron chi connectivity index (χ2n) is 9.41. The number of rotatable bonds is 7. The van der Waals surface area contributed by atoms with Crippen LogP contribution < -0.4 is 5.32 Å². The van der Waals surface area contributed by atoms with Gasteiger partial charge in [0, 0.05) is 48.5 Å². The summed E-state index contributed by atoms with van der Waals surface area (Å²) in [5.41, 5.74) is 0.465. The molecule has 194 valence electrons. The summed E-state index contributed by atoms with van der Waals surface area (Å²) in [5.74, 6) is -2.57. The summed E-state index contributed by atoms with van der Waals surface area (Å²) >= 11 is 0. The molecule has 3 aromatic rings. The van der Waals surface area contributed by atoms with E-state index in [-0.39, 0.29) is 35.9 Å². The van der Waals surface area contributed by atoms with Gasteiger partial charge in [0.1, 0.15) is 17.5 Å². The number of benzene rings is 2. The molecule has 0 bridgehead atoms. The Morgan fingerprint density at radius 1 is 1.03 bits per heavy atom. The van der Waals surface area contributed by atoms with Crippen LogP contribution in [-0.2, 0) is 6.42 Å². The Hall–Kier alpha value is -2.79. The lowest BCUT2D eigenvalue weighted by molar-refractivity contribution is -0.150. The molecular formula is C25H25F7N4. The molecule has 0 aliphatic carbocycles. The van der Waals surface area contributed by atoms with E-state index in [1.54, 1.807) is 6.07 Å². The summed E-state index contributed by atoms with van der Waals surface area (Å²) < 4.78 is 97.8. The highest BCUT2D eigenvalue weighted by Crippen LogP contribution is 2.42. The third kappa shape index (κ3) is 4.78. The predicted octanol–water partition coefficient (Wildman–Crippen LogP) is 5.55. The molecular weight excluding hydrogens is 489 g/mol. The molecule has 2 N–H and O–H groups in total. The number of nitrogens with one attached hydrogen (secondary N) is 2. The van der Waals surface area contributed by atoms with Gasteiger partial charge < -0.3 is 10.3 Å². The van der Waals surface area contributed by atoms with Crippen LogP contribution in [-0.4, -0.2) is 66.4 Å². The molecule has 3 heterocycles. The smallest absolute Gasteiger partial charge is 0.380 e. The summed E-state index contributed by atoms with van der Waals surface area (Å²) in [4.78, 5) is 5.80. The van der Waals surface area contributed by atoms with Crippen molar-refractivity contribution in [1.29, 1.82) is 0 Å². The first-order valence-corrected chi connectivity index (χ1v) is 11.8. The van der Waals surface area contributed by atoms with Gasteiger partial charge in [-0.3, -0.25) is 14.2 Å². The summed E-state index contributed by atoms with van der Waals surface area (Å²) in [6.45, 7) is -0.0981. The molecule has 11 heteroatoms. The lowest BCUT2D eigenvalue weighted by Crippen LogP contribution is -2.54. The number of anilines is 1. The number of hydrogen-bond acceptors (Lipinski definition) is 3. The number of H-pyrrole nitrogens is 1. The molecule has 0 unspecified atom stereocenters. The molecule has 1 fully saturated rings. The lowest BCUT2D eigenvalue weighted by Gasteiger charge is -2.40. The van der Waals surface area contributed by atoms with Crippen molar-refractivity contribution in [2.24, 2.45) is 0 Å². The zero-order valence-electron chi connectivity index (χ0n) is 19.2. The highest BCUT2D eigenvalue weighted by atomic mass is 19.4. The van der Waals surface area contributed by atoms with Crippen LogP contribution in [0.2, 0.25) is 0 Å². The van der Waals surface area contributed by atoms with Gasteiger partial charge in [-0.05, 0) is 36.6 Å². The number of para-hydroxylation sites is 1. The third-order valence-corrected chi connectivity index (χ3v) is 6.88. The van der Waals surface area contributed by atoms with Crippen molar-refractivity contribution in [3.63, 3.8) is 0 Å². The Morgan fingerprint density at radius 2 is 1.75 bits per heavy atom. The van der Waals surface area contributed by atoms with E-state index in [0.717, 1.165) is 17.0 Å². The first kappa shape index (κ1) is 24.9. The molecule has 0 radical (unpaired) electrons. The summed E-state index contributed by atoms with van der Waals surface area (Å²) in [5, 5.41) is 3.52. The Morgan fingerprint density at radius 3 is 2.42 bits per heavy atom. The van der Waals surface area contributed by atoms with Gasteiger partial charge in [0.25, 0.3) is 0 Å². The van der Waals surface area contributed by atoms with Gasteiger partial charge in [0.15, 0.2) is 0 Å². The minimum atomic E-state index is -4.60. The molecule has 36 heavy (non-hydrogen) atoms. The molecule has 1 aromatic heterocycles. The molecule has 2 aliphatic rings. The average molecular weight is 514 g/mol. The van der Waals surface area contributed by atoms with Gasteiger partial charge in [-0.1, -0.05) is 12.1 Å². The van der Waals surface area contributed by atoms with Gasteiger partial charge in [0.2, 0.25) is 0 Å². The number of likely N-dealkylation sites (tertiary alicyclic amines) is 1. The Bertz CT molecular complexity index is 1230. The Labute approximate surface area is 203 Å². The van der Waals surface area contributed by atoms with Crippen molar-refractivity contribution in [3.05, 3.63) is 64.6 Å². The fourth-order valence-electron chi connectivity index (χ4n) is 5.35. The third-order valence-electron chi connectivity index (χ3n) is 6.88. The highest BCUT2D eigenvalue weighted by Gasteiger charge is 2.41. The molecule has 1 atom stereocenters. The predicted molar refractivity (Wildman–Crippen MR) is 122 cm³/mol. The zero-order chi connectivity index (χ0) is 25.6. The number of fused-ring (bicyclic) bond motifs is 3. The first-order valence-electron chi connectivity index (χ1n) is 11.8. The Kier molecular flexibility index (Phi) is 6.63. The van der Waals surface area contributed by atoms with Crippen LogP contribution in [0.3, 0.4) is 0 Å². The van der Waals surface area contributed by atoms with E-state index >= 15 is 8.78 Å². The van der Waals surface area contributed by atoms with Gasteiger partial charge in [-0.15, -0.1) is 0 Å². The molecule has 1 saturated heterocycles. The maximum absolute atomic E-state index is 15.4. The van der Waals surface area contributed by atoms with Crippen molar-refractivity contribution >= 4 is 16.6 Å². The second-order valence-corrected chi connectivity index (χ2v) is 9.41. The fourth-order valence-corrected chi connectivity index (χ4v) is 5.35. The van der Waals surface area contributed by atoms with Gasteiger partial charge in [0.05, 0.1) is 30.8 Å². The van der Waals surface area contributed by atoms with E-state index in [1.807, 2.05) is 4.90 Å². The summed E-state index contributed by atoms with van der Waals surface area (Å²) in [6, 6.07) is 5.01. The number of aromatic nitrogens is 1. The second kappa shape index (κ2) is 9.59. The standard InChI is InChI=1S/C25H25F7N4/c26-6-2-7-35-11-15(12-35)33-14-9-19(28)21(20(29)10-14)24-23-17(5-8-36(24)13-25(30,31)32)16-3-1-4-18(27)22(16)34-23/h1,3-4,9-10,15,24,33-34H,2,5-8,11-13H2/t24-/m0/s1. The molecule has 2 aromatic carbocycles. The molecule has 0 saturated carbocycles. The van der Waals surface area contributed by atoms with E-state index in [1.165, 1.54) is 12.1 Å². The normalized spacial score (nSPS) is 19.5. The zero-order valence-corrected chi connectivity index (χ0v) is 19.2. The van der Waals surface area contributed by atoms with Crippen molar-refractivity contribution in [2.75, 3.05) is 44.7 Å². The number of nitrogens with zero attached hydrogens (tertiary/aromatic N) is 2. The van der Waals surface area contributed by atoms with Crippen molar-refractivity contribution < 1.29 is 30.7 Å². The number of aromatic amines is 1. The first-order chi connectivity index (χ1) is 17.1. The number of alkyl halides is 4. The van der Waals surface area contributed by atoms with E-state index in [4.69, 9.17) is 0 Å². The summed E-state index contributed by atoms with van der Waals surface area (Å²) in [6.07, 6.45) is -4.01. The number of halogens is 7. The topological polar surface area (TPSA) is 34.3 Å². The van der Waals surface area contributed by atoms with Gasteiger partial charge >= 0.3 is 6.18 Å². The molecule has 0 amide bonds. The minimum absolute atomic E-state index is 0.0750. The van der Waals surface area contributed by atoms with Crippen molar-refractivity contribution in [3.8, 4) is 0 Å². The van der Waals surface area contributed by atoms with Crippen LogP contribution in [0.4, 0.5) is 36.4 Å². The van der Waals surface area contributed by atoms with Crippen LogP contribution in [0, 0.1) is 17.5 Å². The number of hydrogen-bond donors (Lipinski definition) is 2. The van der Waals surface area contributed by atoms with E-state index in [9.17, 15) is 22.0 Å². The SMILES string of the molecule is FCCCN1CC(Nc2cc(F)c([C@H]3c4[nH]c5c(F)cccc5c4CCN3CC(F)(F)F)c(F)c2)C1. The van der Waals surface area contributed by atoms with Gasteiger partial charge in [-0.25, -0.2) is 13.2 Å². The van der Waals surface area contributed by atoms with E-state index in [0.29, 0.717) is 37.0 Å². The fraction of sp³-hybridized carbons (Fsp3) is 0.440. The maximum atomic E-state index is 15.4. The van der Waals surface area contributed by atoms with E-state index in [2.05, 4.69) is 10.3 Å². The molecule has 2 aliphatic heterocycles. The monoisotopic (exact) mass is 514 g/mol. The maximum Gasteiger partial charge on any atom is 0.401 e. The van der Waals surface area contributed by atoms with Crippen molar-refractivity contribution in [2.45, 2.75) is 31.1 Å². The largest absolute Gasteiger partial charge is 0.401 e. The van der Waals surface area contributed by atoms with E-state index < -0.39 is 48.5 Å². The van der Waals surface area contributed by atoms with Crippen LogP contribution in [0.5, 0.6) is 0 Å². The molecule has 5 rings (SSSR count). The van der Waals surface area contributed by atoms with Gasteiger partial charge in [-0.2, -0.15) is 13.2 Å². The van der Waals surface area contributed by atoms with Crippen LogP contribution >= 0.6 is 0 Å². The average Bonchev–Trinajstić information content (AvgIpc) is 3.15. The quantitative estimate of drug-likeness (QED) is 0.406. The lowest BCUT2D eigenvalue weighted by atomic mass is 9.91. The Balaban J connectivity index is 1.49. The molecule has 0 spiro atoms. The van der Waals surface area contributed by atoms with Crippen LogP contribution in [0.15, 0.2) is 30.3 Å². The van der Waals surface area contributed by atoms with Crippen LogP contribution in [0.1, 0.15) is 29.3 Å². The minimum Gasteiger partial charge on any atom is -0.380 e. The van der Waals surface area contributed by atoms with Crippen molar-refractivity contribution in [1.82, 2.24) is 14.8 Å².